The number of carbonyl (C=O) groups excluding carboxylic acids is 1. The summed E-state index contributed by atoms with van der Waals surface area (Å²) in [4.78, 5) is 16.3. The lowest BCUT2D eigenvalue weighted by Crippen LogP contribution is -2.14. The quantitative estimate of drug-likeness (QED) is 0.880. The van der Waals surface area contributed by atoms with E-state index in [0.717, 1.165) is 12.1 Å². The van der Waals surface area contributed by atoms with Crippen molar-refractivity contribution >= 4 is 11.6 Å². The molecule has 0 radical (unpaired) electrons. The van der Waals surface area contributed by atoms with E-state index in [-0.39, 0.29) is 17.6 Å². The molecule has 5 heteroatoms. The van der Waals surface area contributed by atoms with E-state index in [1.807, 2.05) is 38.1 Å². The van der Waals surface area contributed by atoms with Gasteiger partial charge in [0.05, 0.1) is 0 Å². The predicted molar refractivity (Wildman–Crippen MR) is 83.6 cm³/mol. The second kappa shape index (κ2) is 6.52. The fourth-order valence-corrected chi connectivity index (χ4v) is 1.95. The molecular weight excluding hydrogens is 264 g/mol. The fraction of sp³-hybridized carbons (Fsp3) is 0.438. The standard InChI is InChI=1S/C16H22N4O/c1-5-11(4)12-6-8-13(9-7-12)17-16(21)15-18-14(10(2)3)19-20-15/h6-11H,5H2,1-4H3,(H,17,21)(H,18,19,20). The smallest absolute Gasteiger partial charge is 0.295 e. The highest BCUT2D eigenvalue weighted by Crippen LogP contribution is 2.20. The highest BCUT2D eigenvalue weighted by molar-refractivity contribution is 6.01. The number of hydrogen-bond acceptors (Lipinski definition) is 3. The minimum Gasteiger partial charge on any atom is -0.319 e. The van der Waals surface area contributed by atoms with Crippen molar-refractivity contribution in [1.29, 1.82) is 0 Å². The van der Waals surface area contributed by atoms with Crippen molar-refractivity contribution in [2.75, 3.05) is 5.32 Å². The summed E-state index contributed by atoms with van der Waals surface area (Å²) in [7, 11) is 0. The first-order chi connectivity index (χ1) is 10.0. The number of benzene rings is 1. The lowest BCUT2D eigenvalue weighted by atomic mass is 9.99. The van der Waals surface area contributed by atoms with Gasteiger partial charge in [-0.2, -0.15) is 0 Å². The lowest BCUT2D eigenvalue weighted by Gasteiger charge is -2.09. The number of H-pyrrole nitrogens is 1. The van der Waals surface area contributed by atoms with E-state index < -0.39 is 0 Å². The first-order valence-corrected chi connectivity index (χ1v) is 7.34. The zero-order chi connectivity index (χ0) is 15.4. The third-order valence-corrected chi connectivity index (χ3v) is 3.60. The van der Waals surface area contributed by atoms with Crippen LogP contribution in [-0.4, -0.2) is 21.1 Å². The van der Waals surface area contributed by atoms with Crippen LogP contribution in [0.2, 0.25) is 0 Å². The molecule has 0 saturated heterocycles. The van der Waals surface area contributed by atoms with E-state index in [9.17, 15) is 4.79 Å². The Labute approximate surface area is 125 Å². The second-order valence-corrected chi connectivity index (χ2v) is 5.58. The minimum absolute atomic E-state index is 0.171. The first kappa shape index (κ1) is 15.2. The average molecular weight is 286 g/mol. The van der Waals surface area contributed by atoms with Gasteiger partial charge in [0, 0.05) is 11.6 Å². The third-order valence-electron chi connectivity index (χ3n) is 3.60. The Morgan fingerprint density at radius 2 is 1.90 bits per heavy atom. The molecule has 0 saturated carbocycles. The third kappa shape index (κ3) is 3.68. The van der Waals surface area contributed by atoms with Crippen LogP contribution in [0.1, 0.15) is 68.0 Å². The summed E-state index contributed by atoms with van der Waals surface area (Å²) in [6.45, 7) is 8.34. The summed E-state index contributed by atoms with van der Waals surface area (Å²) in [6, 6.07) is 7.91. The van der Waals surface area contributed by atoms with Gasteiger partial charge in [0.1, 0.15) is 5.82 Å². The molecule has 0 fully saturated rings. The SMILES string of the molecule is CCC(C)c1ccc(NC(=O)c2n[nH]c(C(C)C)n2)cc1. The molecule has 1 unspecified atom stereocenters. The van der Waals surface area contributed by atoms with Crippen LogP contribution in [-0.2, 0) is 0 Å². The van der Waals surface area contributed by atoms with Crippen LogP contribution in [0.25, 0.3) is 0 Å². The van der Waals surface area contributed by atoms with Crippen LogP contribution in [0.4, 0.5) is 5.69 Å². The van der Waals surface area contributed by atoms with Crippen LogP contribution in [0.15, 0.2) is 24.3 Å². The Kier molecular flexibility index (Phi) is 4.73. The van der Waals surface area contributed by atoms with Gasteiger partial charge in [0.2, 0.25) is 5.82 Å². The largest absolute Gasteiger partial charge is 0.319 e. The van der Waals surface area contributed by atoms with Crippen LogP contribution >= 0.6 is 0 Å². The summed E-state index contributed by atoms with van der Waals surface area (Å²) >= 11 is 0. The molecular formula is C16H22N4O. The molecule has 0 aliphatic carbocycles. The van der Waals surface area contributed by atoms with Crippen molar-refractivity contribution < 1.29 is 4.79 Å². The van der Waals surface area contributed by atoms with Crippen LogP contribution in [0.5, 0.6) is 0 Å². The Bertz CT molecular complexity index is 601. The Balaban J connectivity index is 2.05. The summed E-state index contributed by atoms with van der Waals surface area (Å²) in [6.07, 6.45) is 1.10. The number of aromatic amines is 1. The van der Waals surface area contributed by atoms with E-state index in [1.165, 1.54) is 5.56 Å². The van der Waals surface area contributed by atoms with Crippen molar-refractivity contribution in [1.82, 2.24) is 15.2 Å². The Morgan fingerprint density at radius 1 is 1.24 bits per heavy atom. The number of hydrogen-bond donors (Lipinski definition) is 2. The fourth-order valence-electron chi connectivity index (χ4n) is 1.95. The number of nitrogens with zero attached hydrogens (tertiary/aromatic N) is 2. The van der Waals surface area contributed by atoms with Crippen molar-refractivity contribution in [2.24, 2.45) is 0 Å². The molecule has 0 bridgehead atoms. The van der Waals surface area contributed by atoms with E-state index >= 15 is 0 Å². The van der Waals surface area contributed by atoms with Gasteiger partial charge in [0.15, 0.2) is 0 Å². The average Bonchev–Trinajstić information content (AvgIpc) is 2.97. The van der Waals surface area contributed by atoms with Crippen LogP contribution in [0.3, 0.4) is 0 Å². The molecule has 0 aliphatic heterocycles. The summed E-state index contributed by atoms with van der Waals surface area (Å²) in [5.74, 6) is 1.33. The van der Waals surface area contributed by atoms with Gasteiger partial charge in [-0.1, -0.05) is 39.8 Å². The molecule has 5 nitrogen and oxygen atoms in total. The molecule has 1 heterocycles. The lowest BCUT2D eigenvalue weighted by molar-refractivity contribution is 0.101. The van der Waals surface area contributed by atoms with E-state index in [0.29, 0.717) is 11.7 Å². The van der Waals surface area contributed by atoms with E-state index in [2.05, 4.69) is 34.3 Å². The number of rotatable bonds is 5. The van der Waals surface area contributed by atoms with E-state index in [1.54, 1.807) is 0 Å². The Hall–Kier alpha value is -2.17. The molecule has 1 atom stereocenters. The molecule has 2 N–H and O–H groups in total. The molecule has 1 aromatic heterocycles. The molecule has 0 spiro atoms. The summed E-state index contributed by atoms with van der Waals surface area (Å²) in [5.41, 5.74) is 2.03. The normalized spacial score (nSPS) is 12.4. The maximum atomic E-state index is 12.1. The molecule has 0 aliphatic rings. The number of amides is 1. The van der Waals surface area contributed by atoms with Gasteiger partial charge in [-0.3, -0.25) is 9.89 Å². The van der Waals surface area contributed by atoms with Gasteiger partial charge in [0.25, 0.3) is 5.91 Å². The van der Waals surface area contributed by atoms with Gasteiger partial charge in [-0.05, 0) is 30.0 Å². The van der Waals surface area contributed by atoms with Crippen molar-refractivity contribution in [3.63, 3.8) is 0 Å². The molecule has 1 aromatic carbocycles. The molecule has 21 heavy (non-hydrogen) atoms. The number of aromatic nitrogens is 3. The van der Waals surface area contributed by atoms with Crippen LogP contribution in [0, 0.1) is 0 Å². The summed E-state index contributed by atoms with van der Waals surface area (Å²) in [5, 5.41) is 9.54. The maximum Gasteiger partial charge on any atom is 0.295 e. The predicted octanol–water partition coefficient (Wildman–Crippen LogP) is 3.69. The zero-order valence-corrected chi connectivity index (χ0v) is 13.0. The second-order valence-electron chi connectivity index (χ2n) is 5.58. The van der Waals surface area contributed by atoms with Crippen molar-refractivity contribution in [3.05, 3.63) is 41.5 Å². The van der Waals surface area contributed by atoms with Crippen LogP contribution < -0.4 is 5.32 Å². The molecule has 1 amide bonds. The van der Waals surface area contributed by atoms with Crippen molar-refractivity contribution in [2.45, 2.75) is 46.0 Å². The number of anilines is 1. The van der Waals surface area contributed by atoms with Gasteiger partial charge < -0.3 is 5.32 Å². The highest BCUT2D eigenvalue weighted by Gasteiger charge is 2.14. The van der Waals surface area contributed by atoms with E-state index in [4.69, 9.17) is 0 Å². The van der Waals surface area contributed by atoms with Crippen molar-refractivity contribution in [3.8, 4) is 0 Å². The monoisotopic (exact) mass is 286 g/mol. The zero-order valence-electron chi connectivity index (χ0n) is 13.0. The minimum atomic E-state index is -0.297. The Morgan fingerprint density at radius 3 is 2.43 bits per heavy atom. The molecule has 2 aromatic rings. The summed E-state index contributed by atoms with van der Waals surface area (Å²) < 4.78 is 0. The number of carbonyl (C=O) groups is 1. The topological polar surface area (TPSA) is 70.7 Å². The van der Waals surface area contributed by atoms with Gasteiger partial charge in [-0.25, -0.2) is 4.98 Å². The number of nitrogens with one attached hydrogen (secondary N) is 2. The maximum absolute atomic E-state index is 12.1. The highest BCUT2D eigenvalue weighted by atomic mass is 16.2. The van der Waals surface area contributed by atoms with Gasteiger partial charge >= 0.3 is 0 Å². The molecule has 2 rings (SSSR count). The van der Waals surface area contributed by atoms with Gasteiger partial charge in [-0.15, -0.1) is 5.10 Å². The first-order valence-electron chi connectivity index (χ1n) is 7.34. The molecule has 112 valence electrons.